The molecule has 2 bridgehead atoms. The Bertz CT molecular complexity index is 569. The van der Waals surface area contributed by atoms with Crippen molar-refractivity contribution in [2.75, 3.05) is 26.7 Å². The van der Waals surface area contributed by atoms with Gasteiger partial charge >= 0.3 is 0 Å². The van der Waals surface area contributed by atoms with Crippen molar-refractivity contribution in [1.82, 2.24) is 4.90 Å². The molecule has 0 radical (unpaired) electrons. The summed E-state index contributed by atoms with van der Waals surface area (Å²) in [5.74, 6) is 1.18. The fourth-order valence-corrected chi connectivity index (χ4v) is 4.99. The highest BCUT2D eigenvalue weighted by atomic mass is 16.5. The lowest BCUT2D eigenvalue weighted by Gasteiger charge is -2.55. The van der Waals surface area contributed by atoms with E-state index < -0.39 is 0 Å². The Labute approximate surface area is 146 Å². The Kier molecular flexibility index (Phi) is 5.41. The summed E-state index contributed by atoms with van der Waals surface area (Å²) in [7, 11) is 1.87. The molecule has 24 heavy (non-hydrogen) atoms. The molecule has 1 aliphatic heterocycles. The second kappa shape index (κ2) is 7.37. The molecule has 2 fully saturated rings. The first kappa shape index (κ1) is 17.6. The van der Waals surface area contributed by atoms with E-state index in [1.165, 1.54) is 44.2 Å². The van der Waals surface area contributed by atoms with Gasteiger partial charge in [-0.05, 0) is 44.4 Å². The second-order valence-corrected chi connectivity index (χ2v) is 7.57. The zero-order chi connectivity index (χ0) is 17.2. The normalized spacial score (nSPS) is 30.3. The van der Waals surface area contributed by atoms with Gasteiger partial charge < -0.3 is 9.64 Å². The molecule has 1 aromatic rings. The minimum absolute atomic E-state index is 0.133. The molecule has 0 amide bonds. The van der Waals surface area contributed by atoms with Crippen LogP contribution in [0.1, 0.15) is 61.9 Å². The number of ether oxygens (including phenoxy) is 1. The first-order valence-electron chi connectivity index (χ1n) is 9.50. The van der Waals surface area contributed by atoms with E-state index in [4.69, 9.17) is 4.74 Å². The van der Waals surface area contributed by atoms with Crippen LogP contribution in [0.25, 0.3) is 0 Å². The topological polar surface area (TPSA) is 29.5 Å². The third-order valence-electron chi connectivity index (χ3n) is 6.16. The molecule has 0 spiro atoms. The highest BCUT2D eigenvalue weighted by molar-refractivity contribution is 5.94. The van der Waals surface area contributed by atoms with Crippen molar-refractivity contribution in [3.05, 3.63) is 35.4 Å². The molecular weight excluding hydrogens is 298 g/mol. The van der Waals surface area contributed by atoms with Gasteiger partial charge in [0.1, 0.15) is 5.60 Å². The standard InChI is InChI=1S/C21H31NO2/c1-4-5-12-22-14-19-10-7-11-20(15-22)21(19,24-3)18-9-6-8-17(13-18)16(2)23/h6,8-9,13,19-20H,4-5,7,10-12,14-15H2,1-3H3. The quantitative estimate of drug-likeness (QED) is 0.730. The summed E-state index contributed by atoms with van der Waals surface area (Å²) in [6.07, 6.45) is 6.27. The number of piperidine rings is 1. The van der Waals surface area contributed by atoms with Crippen LogP contribution in [-0.4, -0.2) is 37.4 Å². The van der Waals surface area contributed by atoms with Crippen molar-refractivity contribution in [3.63, 3.8) is 0 Å². The van der Waals surface area contributed by atoms with Crippen LogP contribution in [0.4, 0.5) is 0 Å². The number of hydrogen-bond donors (Lipinski definition) is 0. The van der Waals surface area contributed by atoms with E-state index in [0.717, 1.165) is 18.7 Å². The largest absolute Gasteiger partial charge is 0.373 e. The van der Waals surface area contributed by atoms with Crippen molar-refractivity contribution in [2.24, 2.45) is 11.8 Å². The lowest BCUT2D eigenvalue weighted by Crippen LogP contribution is -2.59. The zero-order valence-corrected chi connectivity index (χ0v) is 15.4. The zero-order valence-electron chi connectivity index (χ0n) is 15.4. The van der Waals surface area contributed by atoms with Gasteiger partial charge in [0, 0.05) is 37.6 Å². The van der Waals surface area contributed by atoms with Crippen molar-refractivity contribution >= 4 is 5.78 Å². The van der Waals surface area contributed by atoms with Gasteiger partial charge in [-0.2, -0.15) is 0 Å². The number of likely N-dealkylation sites (tertiary alicyclic amines) is 1. The maximum atomic E-state index is 11.8. The summed E-state index contributed by atoms with van der Waals surface area (Å²) >= 11 is 0. The molecule has 2 aliphatic rings. The number of carbonyl (C=O) groups is 1. The number of Topliss-reactive ketones (excluding diaryl/α,β-unsaturated/α-hetero) is 1. The maximum Gasteiger partial charge on any atom is 0.159 e. The summed E-state index contributed by atoms with van der Waals surface area (Å²) in [5.41, 5.74) is 1.80. The van der Waals surface area contributed by atoms with E-state index in [2.05, 4.69) is 24.0 Å². The summed E-state index contributed by atoms with van der Waals surface area (Å²) < 4.78 is 6.28. The van der Waals surface area contributed by atoms with Crippen molar-refractivity contribution < 1.29 is 9.53 Å². The number of ketones is 1. The van der Waals surface area contributed by atoms with Crippen LogP contribution in [0.2, 0.25) is 0 Å². The Balaban J connectivity index is 1.94. The van der Waals surface area contributed by atoms with Gasteiger partial charge in [-0.15, -0.1) is 0 Å². The number of carbonyl (C=O) groups excluding carboxylic acids is 1. The Morgan fingerprint density at radius 3 is 2.58 bits per heavy atom. The van der Waals surface area contributed by atoms with E-state index in [9.17, 15) is 4.79 Å². The second-order valence-electron chi connectivity index (χ2n) is 7.57. The van der Waals surface area contributed by atoms with Crippen molar-refractivity contribution in [2.45, 2.75) is 51.6 Å². The molecule has 1 heterocycles. The number of benzene rings is 1. The summed E-state index contributed by atoms with van der Waals surface area (Å²) in [6.45, 7) is 7.35. The summed E-state index contributed by atoms with van der Waals surface area (Å²) in [4.78, 5) is 14.5. The highest BCUT2D eigenvalue weighted by Gasteiger charge is 2.52. The lowest BCUT2D eigenvalue weighted by molar-refractivity contribution is -0.169. The molecule has 1 aromatic carbocycles. The van der Waals surface area contributed by atoms with Gasteiger partial charge in [0.25, 0.3) is 0 Å². The predicted octanol–water partition coefficient (Wildman–Crippen LogP) is 4.26. The summed E-state index contributed by atoms with van der Waals surface area (Å²) in [6, 6.07) is 8.19. The van der Waals surface area contributed by atoms with Crippen molar-refractivity contribution in [1.29, 1.82) is 0 Å². The van der Waals surface area contributed by atoms with Crippen LogP contribution >= 0.6 is 0 Å². The van der Waals surface area contributed by atoms with Crippen LogP contribution in [0.15, 0.2) is 24.3 Å². The lowest BCUT2D eigenvalue weighted by atomic mass is 9.62. The van der Waals surface area contributed by atoms with Gasteiger partial charge in [0.2, 0.25) is 0 Å². The van der Waals surface area contributed by atoms with Gasteiger partial charge in [0.15, 0.2) is 5.78 Å². The Hall–Kier alpha value is -1.19. The van der Waals surface area contributed by atoms with Crippen LogP contribution in [0.3, 0.4) is 0 Å². The van der Waals surface area contributed by atoms with E-state index in [-0.39, 0.29) is 11.4 Å². The number of hydrogen-bond acceptors (Lipinski definition) is 3. The average molecular weight is 329 g/mol. The molecule has 1 aliphatic carbocycles. The molecule has 3 nitrogen and oxygen atoms in total. The molecule has 0 N–H and O–H groups in total. The van der Waals surface area contributed by atoms with Crippen LogP contribution < -0.4 is 0 Å². The van der Waals surface area contributed by atoms with Gasteiger partial charge in [-0.25, -0.2) is 0 Å². The minimum Gasteiger partial charge on any atom is -0.373 e. The number of methoxy groups -OCH3 is 1. The van der Waals surface area contributed by atoms with Crippen molar-refractivity contribution in [3.8, 4) is 0 Å². The first-order chi connectivity index (χ1) is 11.6. The molecule has 132 valence electrons. The van der Waals surface area contributed by atoms with Crippen LogP contribution in [0.5, 0.6) is 0 Å². The van der Waals surface area contributed by atoms with E-state index in [1.807, 2.05) is 19.2 Å². The fourth-order valence-electron chi connectivity index (χ4n) is 4.99. The average Bonchev–Trinajstić information content (AvgIpc) is 2.59. The third-order valence-corrected chi connectivity index (χ3v) is 6.16. The molecule has 3 heteroatoms. The molecular formula is C21H31NO2. The monoisotopic (exact) mass is 329 g/mol. The predicted molar refractivity (Wildman–Crippen MR) is 97.3 cm³/mol. The molecule has 2 unspecified atom stereocenters. The smallest absolute Gasteiger partial charge is 0.159 e. The van der Waals surface area contributed by atoms with E-state index >= 15 is 0 Å². The van der Waals surface area contributed by atoms with Crippen LogP contribution in [-0.2, 0) is 10.3 Å². The molecule has 2 atom stereocenters. The van der Waals surface area contributed by atoms with Gasteiger partial charge in [-0.1, -0.05) is 38.0 Å². The van der Waals surface area contributed by atoms with Gasteiger partial charge in [0.05, 0.1) is 0 Å². The molecule has 1 saturated carbocycles. The number of unbranched alkanes of at least 4 members (excludes halogenated alkanes) is 1. The Morgan fingerprint density at radius 1 is 1.29 bits per heavy atom. The SMILES string of the molecule is CCCCN1CC2CCCC(C1)C2(OC)c1cccc(C(C)=O)c1. The number of nitrogens with zero attached hydrogens (tertiary/aromatic N) is 1. The molecule has 3 rings (SSSR count). The van der Waals surface area contributed by atoms with E-state index in [0.29, 0.717) is 11.8 Å². The number of fused-ring (bicyclic) bond motifs is 2. The molecule has 1 saturated heterocycles. The highest BCUT2D eigenvalue weighted by Crippen LogP contribution is 2.51. The maximum absolute atomic E-state index is 11.8. The fraction of sp³-hybridized carbons (Fsp3) is 0.667. The minimum atomic E-state index is -0.216. The van der Waals surface area contributed by atoms with E-state index in [1.54, 1.807) is 6.92 Å². The molecule has 0 aromatic heterocycles. The van der Waals surface area contributed by atoms with Gasteiger partial charge in [-0.3, -0.25) is 4.79 Å². The van der Waals surface area contributed by atoms with Crippen LogP contribution in [0, 0.1) is 11.8 Å². The third kappa shape index (κ3) is 3.04. The summed E-state index contributed by atoms with van der Waals surface area (Å²) in [5, 5.41) is 0. The Morgan fingerprint density at radius 2 is 2.00 bits per heavy atom. The number of rotatable bonds is 6. The first-order valence-corrected chi connectivity index (χ1v) is 9.50.